The quantitative estimate of drug-likeness (QED) is 0.528. The molecule has 0 amide bonds. The Hall–Kier alpha value is -2.81. The van der Waals surface area contributed by atoms with Gasteiger partial charge in [0.05, 0.1) is 0 Å². The summed E-state index contributed by atoms with van der Waals surface area (Å²) in [7, 11) is 0. The molecule has 0 radical (unpaired) electrons. The van der Waals surface area contributed by atoms with Crippen LogP contribution in [0.4, 0.5) is 13.2 Å². The summed E-state index contributed by atoms with van der Waals surface area (Å²) in [5.74, 6) is -3.64. The standard InChI is InChI=1S/C14H6F3N5S/c15-8-5-7(6-9(16)11(8)17)13-21-22-12(19-20-14(22)23-13)10-3-1-2-4-18-10/h1-6H. The van der Waals surface area contributed by atoms with Gasteiger partial charge >= 0.3 is 0 Å². The first-order valence-electron chi connectivity index (χ1n) is 6.42. The number of aromatic nitrogens is 5. The molecule has 0 atom stereocenters. The van der Waals surface area contributed by atoms with Gasteiger partial charge in [-0.1, -0.05) is 17.4 Å². The van der Waals surface area contributed by atoms with Gasteiger partial charge < -0.3 is 0 Å². The molecule has 4 aromatic rings. The van der Waals surface area contributed by atoms with Gasteiger partial charge in [-0.05, 0) is 24.3 Å². The molecule has 0 saturated carbocycles. The van der Waals surface area contributed by atoms with Crippen molar-refractivity contribution in [3.8, 4) is 22.1 Å². The summed E-state index contributed by atoms with van der Waals surface area (Å²) in [5.41, 5.74) is 0.692. The average molecular weight is 333 g/mol. The molecule has 0 bridgehead atoms. The second-order valence-corrected chi connectivity index (χ2v) is 5.55. The van der Waals surface area contributed by atoms with E-state index in [0.29, 0.717) is 21.5 Å². The van der Waals surface area contributed by atoms with Crippen LogP contribution in [0.2, 0.25) is 0 Å². The van der Waals surface area contributed by atoms with Crippen molar-refractivity contribution < 1.29 is 13.2 Å². The van der Waals surface area contributed by atoms with E-state index in [1.54, 1.807) is 24.4 Å². The van der Waals surface area contributed by atoms with Crippen LogP contribution in [0.3, 0.4) is 0 Å². The summed E-state index contributed by atoms with van der Waals surface area (Å²) in [5, 5.41) is 12.5. The van der Waals surface area contributed by atoms with Crippen molar-refractivity contribution >= 4 is 16.3 Å². The fourth-order valence-electron chi connectivity index (χ4n) is 2.07. The zero-order valence-electron chi connectivity index (χ0n) is 11.2. The van der Waals surface area contributed by atoms with E-state index >= 15 is 0 Å². The number of nitrogens with zero attached hydrogens (tertiary/aromatic N) is 5. The Labute approximate surface area is 131 Å². The minimum Gasteiger partial charge on any atom is -0.253 e. The molecule has 1 aromatic carbocycles. The van der Waals surface area contributed by atoms with Crippen molar-refractivity contribution in [2.24, 2.45) is 0 Å². The Morgan fingerprint density at radius 1 is 1.00 bits per heavy atom. The molecule has 3 aromatic heterocycles. The third-order valence-corrected chi connectivity index (χ3v) is 4.06. The molecule has 3 heterocycles. The van der Waals surface area contributed by atoms with E-state index in [2.05, 4.69) is 20.3 Å². The molecule has 4 rings (SSSR count). The predicted molar refractivity (Wildman–Crippen MR) is 77.2 cm³/mol. The van der Waals surface area contributed by atoms with Crippen LogP contribution in [-0.4, -0.2) is 24.8 Å². The molecular weight excluding hydrogens is 327 g/mol. The lowest BCUT2D eigenvalue weighted by atomic mass is 10.2. The Bertz CT molecular complexity index is 989. The van der Waals surface area contributed by atoms with Gasteiger partial charge in [0.2, 0.25) is 10.8 Å². The molecule has 114 valence electrons. The van der Waals surface area contributed by atoms with Gasteiger partial charge in [0.1, 0.15) is 10.7 Å². The Morgan fingerprint density at radius 2 is 1.78 bits per heavy atom. The molecule has 23 heavy (non-hydrogen) atoms. The van der Waals surface area contributed by atoms with Crippen LogP contribution in [0.15, 0.2) is 36.5 Å². The van der Waals surface area contributed by atoms with E-state index < -0.39 is 17.5 Å². The second-order valence-electron chi connectivity index (χ2n) is 4.59. The van der Waals surface area contributed by atoms with E-state index in [0.717, 1.165) is 23.5 Å². The van der Waals surface area contributed by atoms with Gasteiger partial charge in [-0.25, -0.2) is 13.2 Å². The third-order valence-electron chi connectivity index (χ3n) is 3.12. The third kappa shape index (κ3) is 2.25. The Morgan fingerprint density at radius 3 is 2.48 bits per heavy atom. The summed E-state index contributed by atoms with van der Waals surface area (Å²) in [4.78, 5) is 4.60. The number of halogens is 3. The number of hydrogen-bond acceptors (Lipinski definition) is 5. The number of rotatable bonds is 2. The minimum atomic E-state index is -1.51. The molecule has 0 unspecified atom stereocenters. The maximum absolute atomic E-state index is 13.4. The summed E-state index contributed by atoms with van der Waals surface area (Å²) >= 11 is 1.08. The van der Waals surface area contributed by atoms with Crippen molar-refractivity contribution in [3.05, 3.63) is 54.0 Å². The van der Waals surface area contributed by atoms with Crippen LogP contribution in [0.25, 0.3) is 27.1 Å². The van der Waals surface area contributed by atoms with Gasteiger partial charge in [0.25, 0.3) is 0 Å². The Kier molecular flexibility index (Phi) is 3.08. The van der Waals surface area contributed by atoms with Crippen LogP contribution >= 0.6 is 11.3 Å². The number of hydrogen-bond donors (Lipinski definition) is 0. The highest BCUT2D eigenvalue weighted by molar-refractivity contribution is 7.19. The highest BCUT2D eigenvalue weighted by atomic mass is 32.1. The highest BCUT2D eigenvalue weighted by Crippen LogP contribution is 2.29. The minimum absolute atomic E-state index is 0.129. The molecule has 0 spiro atoms. The number of benzene rings is 1. The lowest BCUT2D eigenvalue weighted by Crippen LogP contribution is -1.94. The Balaban J connectivity index is 1.86. The maximum Gasteiger partial charge on any atom is 0.235 e. The van der Waals surface area contributed by atoms with Crippen molar-refractivity contribution in [1.82, 2.24) is 24.8 Å². The van der Waals surface area contributed by atoms with E-state index in [1.165, 1.54) is 4.52 Å². The fourth-order valence-corrected chi connectivity index (χ4v) is 2.89. The van der Waals surface area contributed by atoms with Crippen molar-refractivity contribution in [2.45, 2.75) is 0 Å². The normalized spacial score (nSPS) is 11.3. The monoisotopic (exact) mass is 333 g/mol. The van der Waals surface area contributed by atoms with Crippen LogP contribution in [-0.2, 0) is 0 Å². The van der Waals surface area contributed by atoms with Gasteiger partial charge in [-0.3, -0.25) is 4.98 Å². The van der Waals surface area contributed by atoms with Crippen LogP contribution in [0.5, 0.6) is 0 Å². The summed E-state index contributed by atoms with van der Waals surface area (Å²) in [6.45, 7) is 0. The first-order chi connectivity index (χ1) is 11.1. The van der Waals surface area contributed by atoms with Crippen molar-refractivity contribution in [3.63, 3.8) is 0 Å². The lowest BCUT2D eigenvalue weighted by Gasteiger charge is -1.99. The zero-order valence-corrected chi connectivity index (χ0v) is 12.1. The fraction of sp³-hybridized carbons (Fsp3) is 0. The van der Waals surface area contributed by atoms with Gasteiger partial charge in [0.15, 0.2) is 17.5 Å². The smallest absolute Gasteiger partial charge is 0.235 e. The predicted octanol–water partition coefficient (Wildman–Crippen LogP) is 3.33. The molecule has 0 aliphatic rings. The summed E-state index contributed by atoms with van der Waals surface area (Å²) in [6, 6.07) is 7.08. The molecule has 0 N–H and O–H groups in total. The van der Waals surface area contributed by atoms with Crippen molar-refractivity contribution in [1.29, 1.82) is 0 Å². The van der Waals surface area contributed by atoms with Crippen LogP contribution in [0.1, 0.15) is 0 Å². The largest absolute Gasteiger partial charge is 0.253 e. The summed E-state index contributed by atoms with van der Waals surface area (Å²) < 4.78 is 41.2. The van der Waals surface area contributed by atoms with Gasteiger partial charge in [0, 0.05) is 11.8 Å². The molecule has 0 fully saturated rings. The van der Waals surface area contributed by atoms with Gasteiger partial charge in [-0.2, -0.15) is 9.61 Å². The molecule has 5 nitrogen and oxygen atoms in total. The van der Waals surface area contributed by atoms with Crippen LogP contribution < -0.4 is 0 Å². The van der Waals surface area contributed by atoms with Gasteiger partial charge in [-0.15, -0.1) is 10.2 Å². The molecule has 0 aliphatic carbocycles. The van der Waals surface area contributed by atoms with E-state index in [9.17, 15) is 13.2 Å². The van der Waals surface area contributed by atoms with E-state index in [1.807, 2.05) is 0 Å². The van der Waals surface area contributed by atoms with E-state index in [4.69, 9.17) is 0 Å². The highest BCUT2D eigenvalue weighted by Gasteiger charge is 2.18. The van der Waals surface area contributed by atoms with Crippen molar-refractivity contribution in [2.75, 3.05) is 0 Å². The first kappa shape index (κ1) is 13.8. The maximum atomic E-state index is 13.4. The molecule has 0 saturated heterocycles. The lowest BCUT2D eigenvalue weighted by molar-refractivity contribution is 0.447. The summed E-state index contributed by atoms with van der Waals surface area (Å²) in [6.07, 6.45) is 1.61. The molecule has 0 aliphatic heterocycles. The molecular formula is C14H6F3N5S. The number of pyridine rings is 1. The average Bonchev–Trinajstić information content (AvgIpc) is 3.13. The van der Waals surface area contributed by atoms with Crippen LogP contribution in [0, 0.1) is 17.5 Å². The number of fused-ring (bicyclic) bond motifs is 1. The zero-order chi connectivity index (χ0) is 16.0. The van der Waals surface area contributed by atoms with E-state index in [-0.39, 0.29) is 5.56 Å². The topological polar surface area (TPSA) is 56.0 Å². The SMILES string of the molecule is Fc1cc(-c2nn3c(-c4ccccn4)nnc3s2)cc(F)c1F. The second kappa shape index (κ2) is 5.13. The first-order valence-corrected chi connectivity index (χ1v) is 7.23. The molecule has 9 heteroatoms.